The molecule has 27 heavy (non-hydrogen) atoms. The van der Waals surface area contributed by atoms with Crippen LogP contribution in [-0.4, -0.2) is 58.5 Å². The van der Waals surface area contributed by atoms with Crippen LogP contribution in [0.4, 0.5) is 0 Å². The van der Waals surface area contributed by atoms with Crippen LogP contribution < -0.4 is 0 Å². The monoisotopic (exact) mass is 388 g/mol. The normalized spacial score (nSPS) is 19.4. The first kappa shape index (κ1) is 19.6. The Labute approximate surface area is 164 Å². The van der Waals surface area contributed by atoms with Crippen molar-refractivity contribution in [2.75, 3.05) is 26.2 Å². The summed E-state index contributed by atoms with van der Waals surface area (Å²) in [5, 5.41) is 11.5. The van der Waals surface area contributed by atoms with Crippen LogP contribution in [-0.2, 0) is 9.59 Å². The van der Waals surface area contributed by atoms with E-state index in [1.54, 1.807) is 9.80 Å². The molecular formula is C21H25ClN2O3. The van der Waals surface area contributed by atoms with E-state index >= 15 is 0 Å². The standard InChI is InChI=1S/C21H25ClN2O3/c1-2-19(25)24-13-9-21(27,10-14-24)15-20(26)23-11-7-17(8-12-23)16-3-5-18(22)6-4-16/h2-7,27H,1,8-15H2. The molecule has 2 aliphatic heterocycles. The number of carbonyl (C=O) groups is 2. The van der Waals surface area contributed by atoms with Crippen molar-refractivity contribution in [3.63, 3.8) is 0 Å². The van der Waals surface area contributed by atoms with Gasteiger partial charge in [0.15, 0.2) is 0 Å². The number of nitrogens with zero attached hydrogens (tertiary/aromatic N) is 2. The minimum atomic E-state index is -1.03. The van der Waals surface area contributed by atoms with Crippen molar-refractivity contribution in [1.29, 1.82) is 0 Å². The molecule has 0 spiro atoms. The maximum atomic E-state index is 12.7. The van der Waals surface area contributed by atoms with Gasteiger partial charge in [0, 0.05) is 31.2 Å². The highest BCUT2D eigenvalue weighted by Crippen LogP contribution is 2.28. The molecule has 0 unspecified atom stereocenters. The number of likely N-dealkylation sites (tertiary alicyclic amines) is 1. The number of hydrogen-bond donors (Lipinski definition) is 1. The SMILES string of the molecule is C=CC(=O)N1CCC(O)(CC(=O)N2CC=C(c3ccc(Cl)cc3)CC2)CC1. The Morgan fingerprint density at radius 3 is 2.37 bits per heavy atom. The summed E-state index contributed by atoms with van der Waals surface area (Å²) in [6.07, 6.45) is 5.07. The summed E-state index contributed by atoms with van der Waals surface area (Å²) >= 11 is 5.93. The van der Waals surface area contributed by atoms with E-state index in [0.29, 0.717) is 44.0 Å². The summed E-state index contributed by atoms with van der Waals surface area (Å²) in [5.41, 5.74) is 1.31. The van der Waals surface area contributed by atoms with Gasteiger partial charge in [-0.3, -0.25) is 9.59 Å². The number of halogens is 1. The van der Waals surface area contributed by atoms with Crippen molar-refractivity contribution >= 4 is 29.0 Å². The van der Waals surface area contributed by atoms with Crippen LogP contribution in [0.3, 0.4) is 0 Å². The van der Waals surface area contributed by atoms with Gasteiger partial charge in [-0.25, -0.2) is 0 Å². The average Bonchev–Trinajstić information content (AvgIpc) is 2.68. The Morgan fingerprint density at radius 1 is 1.15 bits per heavy atom. The number of amides is 2. The van der Waals surface area contributed by atoms with Gasteiger partial charge >= 0.3 is 0 Å². The number of aliphatic hydroxyl groups is 1. The van der Waals surface area contributed by atoms with E-state index in [9.17, 15) is 14.7 Å². The van der Waals surface area contributed by atoms with Gasteiger partial charge in [0.05, 0.1) is 12.0 Å². The molecule has 0 radical (unpaired) electrons. The number of hydrogen-bond acceptors (Lipinski definition) is 3. The number of benzene rings is 1. The van der Waals surface area contributed by atoms with E-state index in [1.165, 1.54) is 11.6 Å². The second-order valence-electron chi connectivity index (χ2n) is 7.26. The Balaban J connectivity index is 1.54. The van der Waals surface area contributed by atoms with E-state index in [-0.39, 0.29) is 18.2 Å². The highest BCUT2D eigenvalue weighted by atomic mass is 35.5. The van der Waals surface area contributed by atoms with Crippen LogP contribution in [0.15, 0.2) is 43.0 Å². The van der Waals surface area contributed by atoms with Crippen LogP contribution in [0.25, 0.3) is 5.57 Å². The van der Waals surface area contributed by atoms with E-state index in [0.717, 1.165) is 12.0 Å². The van der Waals surface area contributed by atoms with Gasteiger partial charge in [0.2, 0.25) is 11.8 Å². The lowest BCUT2D eigenvalue weighted by Crippen LogP contribution is -2.49. The van der Waals surface area contributed by atoms with Gasteiger partial charge in [-0.15, -0.1) is 0 Å². The molecule has 1 aromatic rings. The predicted molar refractivity (Wildman–Crippen MR) is 106 cm³/mol. The van der Waals surface area contributed by atoms with E-state index < -0.39 is 5.60 Å². The zero-order valence-corrected chi connectivity index (χ0v) is 16.1. The van der Waals surface area contributed by atoms with Gasteiger partial charge in [0.1, 0.15) is 0 Å². The molecule has 0 atom stereocenters. The van der Waals surface area contributed by atoms with Crippen LogP contribution in [0.1, 0.15) is 31.2 Å². The second-order valence-corrected chi connectivity index (χ2v) is 7.69. The summed E-state index contributed by atoms with van der Waals surface area (Å²) in [6, 6.07) is 7.72. The maximum absolute atomic E-state index is 12.7. The van der Waals surface area contributed by atoms with Crippen LogP contribution >= 0.6 is 11.6 Å². The highest BCUT2D eigenvalue weighted by Gasteiger charge is 2.36. The van der Waals surface area contributed by atoms with Crippen LogP contribution in [0.5, 0.6) is 0 Å². The van der Waals surface area contributed by atoms with Crippen LogP contribution in [0, 0.1) is 0 Å². The third kappa shape index (κ3) is 4.79. The average molecular weight is 389 g/mol. The Morgan fingerprint density at radius 2 is 1.81 bits per heavy atom. The lowest BCUT2D eigenvalue weighted by molar-refractivity contribution is -0.140. The summed E-state index contributed by atoms with van der Waals surface area (Å²) in [6.45, 7) is 5.59. The Kier molecular flexibility index (Phi) is 6.02. The number of carbonyl (C=O) groups excluding carboxylic acids is 2. The van der Waals surface area contributed by atoms with E-state index in [4.69, 9.17) is 11.6 Å². The first-order chi connectivity index (χ1) is 12.9. The molecule has 6 heteroatoms. The third-order valence-electron chi connectivity index (χ3n) is 5.44. The van der Waals surface area contributed by atoms with Crippen molar-refractivity contribution in [1.82, 2.24) is 9.80 Å². The molecule has 0 aromatic heterocycles. The topological polar surface area (TPSA) is 60.9 Å². The lowest BCUT2D eigenvalue weighted by Gasteiger charge is -2.38. The van der Waals surface area contributed by atoms with Crippen molar-refractivity contribution in [3.8, 4) is 0 Å². The summed E-state index contributed by atoms with van der Waals surface area (Å²) < 4.78 is 0. The summed E-state index contributed by atoms with van der Waals surface area (Å²) in [4.78, 5) is 27.8. The molecule has 1 saturated heterocycles. The zero-order valence-electron chi connectivity index (χ0n) is 15.4. The lowest BCUT2D eigenvalue weighted by atomic mass is 9.87. The minimum absolute atomic E-state index is 0.0348. The Hall–Kier alpha value is -2.11. The largest absolute Gasteiger partial charge is 0.389 e. The number of rotatable bonds is 4. The number of piperidine rings is 1. The maximum Gasteiger partial charge on any atom is 0.245 e. The molecule has 2 aliphatic rings. The zero-order chi connectivity index (χ0) is 19.4. The van der Waals surface area contributed by atoms with Crippen molar-refractivity contribution in [2.24, 2.45) is 0 Å². The molecule has 144 valence electrons. The van der Waals surface area contributed by atoms with Crippen molar-refractivity contribution in [2.45, 2.75) is 31.3 Å². The highest BCUT2D eigenvalue weighted by molar-refractivity contribution is 6.30. The van der Waals surface area contributed by atoms with Gasteiger partial charge in [-0.2, -0.15) is 0 Å². The van der Waals surface area contributed by atoms with E-state index in [2.05, 4.69) is 12.7 Å². The molecule has 3 rings (SSSR count). The molecule has 2 amide bonds. The molecule has 1 aromatic carbocycles. The first-order valence-corrected chi connectivity index (χ1v) is 9.64. The molecule has 0 bridgehead atoms. The quantitative estimate of drug-likeness (QED) is 0.807. The van der Waals surface area contributed by atoms with Gasteiger partial charge in [-0.1, -0.05) is 36.4 Å². The molecule has 0 aliphatic carbocycles. The Bertz CT molecular complexity index is 749. The molecule has 1 N–H and O–H groups in total. The third-order valence-corrected chi connectivity index (χ3v) is 5.69. The van der Waals surface area contributed by atoms with Crippen LogP contribution in [0.2, 0.25) is 5.02 Å². The van der Waals surface area contributed by atoms with Gasteiger partial charge in [0.25, 0.3) is 0 Å². The first-order valence-electron chi connectivity index (χ1n) is 9.27. The smallest absolute Gasteiger partial charge is 0.245 e. The van der Waals surface area contributed by atoms with Gasteiger partial charge < -0.3 is 14.9 Å². The molecule has 0 saturated carbocycles. The molecule has 5 nitrogen and oxygen atoms in total. The van der Waals surface area contributed by atoms with Crippen molar-refractivity contribution < 1.29 is 14.7 Å². The van der Waals surface area contributed by atoms with Gasteiger partial charge in [-0.05, 0) is 48.6 Å². The minimum Gasteiger partial charge on any atom is -0.389 e. The second kappa shape index (κ2) is 8.28. The summed E-state index contributed by atoms with van der Waals surface area (Å²) in [7, 11) is 0. The fourth-order valence-corrected chi connectivity index (χ4v) is 3.79. The summed E-state index contributed by atoms with van der Waals surface area (Å²) in [5.74, 6) is -0.160. The molecule has 2 heterocycles. The fourth-order valence-electron chi connectivity index (χ4n) is 3.66. The molecule has 1 fully saturated rings. The van der Waals surface area contributed by atoms with Crippen molar-refractivity contribution in [3.05, 3.63) is 53.6 Å². The predicted octanol–water partition coefficient (Wildman–Crippen LogP) is 2.89. The molecular weight excluding hydrogens is 364 g/mol. The van der Waals surface area contributed by atoms with E-state index in [1.807, 2.05) is 24.3 Å². The fraction of sp³-hybridized carbons (Fsp3) is 0.429.